The lowest BCUT2D eigenvalue weighted by molar-refractivity contribution is -0.127. The number of piperazine rings is 1. The molecule has 2 rings (SSSR count). The van der Waals surface area contributed by atoms with Crippen molar-refractivity contribution in [3.63, 3.8) is 0 Å². The van der Waals surface area contributed by atoms with Crippen molar-refractivity contribution < 1.29 is 9.59 Å². The van der Waals surface area contributed by atoms with Gasteiger partial charge in [0.25, 0.3) is 5.91 Å². The lowest BCUT2D eigenvalue weighted by Gasteiger charge is -2.34. The van der Waals surface area contributed by atoms with Crippen molar-refractivity contribution >= 4 is 17.5 Å². The first kappa shape index (κ1) is 14.4. The Kier molecular flexibility index (Phi) is 3.96. The Balaban J connectivity index is 2.37. The van der Waals surface area contributed by atoms with Crippen molar-refractivity contribution in [2.75, 3.05) is 18.8 Å². The summed E-state index contributed by atoms with van der Waals surface area (Å²) >= 11 is 0. The number of nitrogens with zero attached hydrogens (tertiary/aromatic N) is 3. The molecule has 2 amide bonds. The minimum atomic E-state index is -0.434. The zero-order valence-electron chi connectivity index (χ0n) is 12.1. The molecule has 7 heteroatoms. The number of aromatic nitrogens is 2. The van der Waals surface area contributed by atoms with E-state index in [4.69, 9.17) is 5.73 Å². The van der Waals surface area contributed by atoms with Crippen LogP contribution in [0.5, 0.6) is 0 Å². The molecule has 1 unspecified atom stereocenters. The Morgan fingerprint density at radius 3 is 2.80 bits per heavy atom. The van der Waals surface area contributed by atoms with Gasteiger partial charge in [-0.3, -0.25) is 14.3 Å². The van der Waals surface area contributed by atoms with E-state index in [0.717, 1.165) is 0 Å². The van der Waals surface area contributed by atoms with Crippen molar-refractivity contribution in [2.45, 2.75) is 39.8 Å². The molecule has 1 atom stereocenters. The highest BCUT2D eigenvalue weighted by Crippen LogP contribution is 2.21. The zero-order valence-corrected chi connectivity index (χ0v) is 12.1. The lowest BCUT2D eigenvalue weighted by Crippen LogP contribution is -2.57. The van der Waals surface area contributed by atoms with Crippen molar-refractivity contribution in [1.29, 1.82) is 0 Å². The van der Waals surface area contributed by atoms with E-state index < -0.39 is 6.04 Å². The fourth-order valence-corrected chi connectivity index (χ4v) is 2.55. The third kappa shape index (κ3) is 2.23. The van der Waals surface area contributed by atoms with Gasteiger partial charge in [0, 0.05) is 19.6 Å². The van der Waals surface area contributed by atoms with Gasteiger partial charge in [-0.1, -0.05) is 6.92 Å². The van der Waals surface area contributed by atoms with Crippen molar-refractivity contribution in [1.82, 2.24) is 20.0 Å². The van der Waals surface area contributed by atoms with Gasteiger partial charge < -0.3 is 16.0 Å². The number of amides is 2. The Bertz CT molecular complexity index is 537. The molecule has 0 aliphatic carbocycles. The molecule has 3 N–H and O–H groups in total. The van der Waals surface area contributed by atoms with Gasteiger partial charge in [0.1, 0.15) is 11.7 Å². The Hall–Kier alpha value is -2.05. The molecule has 1 aliphatic rings. The molecule has 2 heterocycles. The molecule has 20 heavy (non-hydrogen) atoms. The maximum atomic E-state index is 12.7. The van der Waals surface area contributed by atoms with Crippen LogP contribution in [0.15, 0.2) is 0 Å². The molecule has 0 radical (unpaired) electrons. The van der Waals surface area contributed by atoms with E-state index in [9.17, 15) is 9.59 Å². The second-order valence-electron chi connectivity index (χ2n) is 4.88. The van der Waals surface area contributed by atoms with E-state index in [1.165, 1.54) is 0 Å². The Labute approximate surface area is 118 Å². The number of anilines is 1. The monoisotopic (exact) mass is 279 g/mol. The Morgan fingerprint density at radius 2 is 2.20 bits per heavy atom. The van der Waals surface area contributed by atoms with Crippen LogP contribution in [0.1, 0.15) is 36.5 Å². The summed E-state index contributed by atoms with van der Waals surface area (Å²) in [7, 11) is 0. The quantitative estimate of drug-likeness (QED) is 0.823. The molecule has 1 saturated heterocycles. The zero-order chi connectivity index (χ0) is 14.9. The fraction of sp³-hybridized carbons (Fsp3) is 0.615. The first-order valence-corrected chi connectivity index (χ1v) is 6.92. The average Bonchev–Trinajstić information content (AvgIpc) is 2.73. The number of hydrogen-bond acceptors (Lipinski definition) is 4. The first-order valence-electron chi connectivity index (χ1n) is 6.92. The van der Waals surface area contributed by atoms with Crippen LogP contribution in [0.25, 0.3) is 0 Å². The molecule has 0 bridgehead atoms. The second-order valence-corrected chi connectivity index (χ2v) is 4.88. The molecule has 1 aromatic heterocycles. The van der Waals surface area contributed by atoms with Gasteiger partial charge in [-0.25, -0.2) is 0 Å². The third-order valence-corrected chi connectivity index (χ3v) is 3.65. The van der Waals surface area contributed by atoms with E-state index in [1.807, 2.05) is 13.8 Å². The number of hydrogen-bond donors (Lipinski definition) is 2. The van der Waals surface area contributed by atoms with Crippen LogP contribution in [0.4, 0.5) is 5.69 Å². The Morgan fingerprint density at radius 1 is 1.50 bits per heavy atom. The van der Waals surface area contributed by atoms with Crippen LogP contribution in [-0.4, -0.2) is 45.6 Å². The van der Waals surface area contributed by atoms with Crippen LogP contribution >= 0.6 is 0 Å². The number of aryl methyl sites for hydroxylation is 2. The maximum Gasteiger partial charge on any atom is 0.275 e. The molecule has 0 saturated carbocycles. The molecule has 0 aromatic carbocycles. The number of carbonyl (C=O) groups excluding carboxylic acids is 2. The van der Waals surface area contributed by atoms with Crippen LogP contribution in [0.3, 0.4) is 0 Å². The summed E-state index contributed by atoms with van der Waals surface area (Å²) in [6, 6.07) is -0.434. The lowest BCUT2D eigenvalue weighted by atomic mass is 10.1. The standard InChI is InChI=1S/C13H21N5O2/c1-4-9-12(19)15-6-7-17(9)13(20)11-10(14)8(3)16-18(11)5-2/h9H,4-7,14H2,1-3H3,(H,15,19). The second kappa shape index (κ2) is 5.52. The average molecular weight is 279 g/mol. The normalized spacial score (nSPS) is 19.1. The number of rotatable bonds is 3. The fourth-order valence-electron chi connectivity index (χ4n) is 2.55. The molecule has 1 aliphatic heterocycles. The van der Waals surface area contributed by atoms with Gasteiger partial charge in [0.15, 0.2) is 0 Å². The predicted molar refractivity (Wildman–Crippen MR) is 75.2 cm³/mol. The third-order valence-electron chi connectivity index (χ3n) is 3.65. The van der Waals surface area contributed by atoms with Gasteiger partial charge in [-0.2, -0.15) is 5.10 Å². The minimum absolute atomic E-state index is 0.107. The molecule has 110 valence electrons. The molecule has 1 fully saturated rings. The summed E-state index contributed by atoms with van der Waals surface area (Å²) in [6.07, 6.45) is 0.580. The van der Waals surface area contributed by atoms with Crippen molar-refractivity contribution in [3.8, 4) is 0 Å². The summed E-state index contributed by atoms with van der Waals surface area (Å²) in [4.78, 5) is 26.2. The summed E-state index contributed by atoms with van der Waals surface area (Å²) in [6.45, 7) is 7.11. The van der Waals surface area contributed by atoms with E-state index in [2.05, 4.69) is 10.4 Å². The first-order chi connectivity index (χ1) is 9.51. The van der Waals surface area contributed by atoms with Gasteiger partial charge in [0.2, 0.25) is 5.91 Å². The maximum absolute atomic E-state index is 12.7. The van der Waals surface area contributed by atoms with Crippen molar-refractivity contribution in [2.24, 2.45) is 0 Å². The van der Waals surface area contributed by atoms with E-state index >= 15 is 0 Å². The van der Waals surface area contributed by atoms with Crippen molar-refractivity contribution in [3.05, 3.63) is 11.4 Å². The highest BCUT2D eigenvalue weighted by molar-refractivity contribution is 6.01. The van der Waals surface area contributed by atoms with Gasteiger partial charge >= 0.3 is 0 Å². The molecular weight excluding hydrogens is 258 g/mol. The number of nitrogens with two attached hydrogens (primary N) is 1. The molecule has 0 spiro atoms. The van der Waals surface area contributed by atoms with E-state index in [-0.39, 0.29) is 11.8 Å². The summed E-state index contributed by atoms with van der Waals surface area (Å²) in [5.74, 6) is -0.323. The van der Waals surface area contributed by atoms with Crippen LogP contribution in [0, 0.1) is 6.92 Å². The van der Waals surface area contributed by atoms with Gasteiger partial charge in [-0.05, 0) is 20.3 Å². The van der Waals surface area contributed by atoms with Crippen LogP contribution < -0.4 is 11.1 Å². The largest absolute Gasteiger partial charge is 0.395 e. The number of nitrogen functional groups attached to an aromatic ring is 1. The van der Waals surface area contributed by atoms with Gasteiger partial charge in [-0.15, -0.1) is 0 Å². The molecule has 1 aromatic rings. The van der Waals surface area contributed by atoms with Crippen LogP contribution in [0.2, 0.25) is 0 Å². The number of nitrogens with one attached hydrogen (secondary N) is 1. The summed E-state index contributed by atoms with van der Waals surface area (Å²) in [5, 5.41) is 7.04. The SMILES string of the molecule is CCC1C(=O)NCCN1C(=O)c1c(N)c(C)nn1CC. The van der Waals surface area contributed by atoms with E-state index in [0.29, 0.717) is 43.1 Å². The van der Waals surface area contributed by atoms with Gasteiger partial charge in [0.05, 0.1) is 11.4 Å². The smallest absolute Gasteiger partial charge is 0.275 e. The van der Waals surface area contributed by atoms with Crippen LogP contribution in [-0.2, 0) is 11.3 Å². The minimum Gasteiger partial charge on any atom is -0.395 e. The number of carbonyl (C=O) groups is 2. The summed E-state index contributed by atoms with van der Waals surface area (Å²) < 4.78 is 1.60. The highest BCUT2D eigenvalue weighted by Gasteiger charge is 2.34. The topological polar surface area (TPSA) is 93.2 Å². The summed E-state index contributed by atoms with van der Waals surface area (Å²) in [5.41, 5.74) is 7.41. The predicted octanol–water partition coefficient (Wildman–Crippen LogP) is 0.144. The molecular formula is C13H21N5O2. The molecule has 7 nitrogen and oxygen atoms in total. The van der Waals surface area contributed by atoms with E-state index in [1.54, 1.807) is 16.5 Å². The highest BCUT2D eigenvalue weighted by atomic mass is 16.2.